The van der Waals surface area contributed by atoms with Gasteiger partial charge >= 0.3 is 0 Å². The normalized spacial score (nSPS) is 22.2. The molecule has 3 heterocycles. The van der Waals surface area contributed by atoms with E-state index < -0.39 is 0 Å². The van der Waals surface area contributed by atoms with Crippen LogP contribution in [0, 0.1) is 6.92 Å². The largest absolute Gasteiger partial charge is 0.339 e. The number of aromatic amines is 1. The monoisotopic (exact) mass is 329 g/mol. The van der Waals surface area contributed by atoms with E-state index in [0.717, 1.165) is 37.1 Å². The first-order valence-corrected chi connectivity index (χ1v) is 8.85. The highest BCUT2D eigenvalue weighted by molar-refractivity contribution is 5.95. The number of likely N-dealkylation sites (tertiary alicyclic amines) is 1. The zero-order valence-corrected chi connectivity index (χ0v) is 14.0. The SMILES string of the molecule is Cc1noc([C@H]2CCN(C(=O)c3cn[nH]c3C3CCCCC3)C2)n1. The van der Waals surface area contributed by atoms with E-state index in [-0.39, 0.29) is 11.8 Å². The van der Waals surface area contributed by atoms with Crippen molar-refractivity contribution in [2.75, 3.05) is 13.1 Å². The minimum atomic E-state index is 0.0723. The number of hydrogen-bond donors (Lipinski definition) is 1. The molecule has 2 aromatic heterocycles. The summed E-state index contributed by atoms with van der Waals surface area (Å²) in [6.45, 7) is 3.17. The summed E-state index contributed by atoms with van der Waals surface area (Å²) in [4.78, 5) is 19.1. The maximum Gasteiger partial charge on any atom is 0.257 e. The van der Waals surface area contributed by atoms with E-state index in [9.17, 15) is 4.79 Å². The fraction of sp³-hybridized carbons (Fsp3) is 0.647. The van der Waals surface area contributed by atoms with Crippen LogP contribution >= 0.6 is 0 Å². The molecule has 1 aliphatic carbocycles. The van der Waals surface area contributed by atoms with Crippen LogP contribution < -0.4 is 0 Å². The average Bonchev–Trinajstić information content (AvgIpc) is 3.35. The van der Waals surface area contributed by atoms with Crippen LogP contribution in [0.1, 0.15) is 78.1 Å². The molecule has 128 valence electrons. The fourth-order valence-electron chi connectivity index (χ4n) is 3.96. The summed E-state index contributed by atoms with van der Waals surface area (Å²) in [5.74, 6) is 1.94. The molecule has 1 saturated heterocycles. The quantitative estimate of drug-likeness (QED) is 0.935. The lowest BCUT2D eigenvalue weighted by Gasteiger charge is -2.22. The summed E-state index contributed by atoms with van der Waals surface area (Å²) in [6.07, 6.45) is 8.61. The first kappa shape index (κ1) is 15.4. The Labute approximate surface area is 140 Å². The van der Waals surface area contributed by atoms with Gasteiger partial charge in [-0.3, -0.25) is 9.89 Å². The Morgan fingerprint density at radius 3 is 2.83 bits per heavy atom. The highest BCUT2D eigenvalue weighted by Crippen LogP contribution is 2.34. The van der Waals surface area contributed by atoms with Crippen LogP contribution in [0.3, 0.4) is 0 Å². The Balaban J connectivity index is 1.48. The van der Waals surface area contributed by atoms with Crippen molar-refractivity contribution in [1.82, 2.24) is 25.2 Å². The molecule has 0 spiro atoms. The second-order valence-electron chi connectivity index (χ2n) is 6.95. The van der Waals surface area contributed by atoms with Gasteiger partial charge in [0.15, 0.2) is 5.82 Å². The lowest BCUT2D eigenvalue weighted by atomic mass is 9.85. The van der Waals surface area contributed by atoms with Crippen molar-refractivity contribution < 1.29 is 9.32 Å². The van der Waals surface area contributed by atoms with Crippen molar-refractivity contribution in [2.45, 2.75) is 57.3 Å². The molecule has 0 bridgehead atoms. The minimum Gasteiger partial charge on any atom is -0.339 e. The third kappa shape index (κ3) is 2.83. The van der Waals surface area contributed by atoms with Gasteiger partial charge in [-0.1, -0.05) is 24.4 Å². The van der Waals surface area contributed by atoms with Gasteiger partial charge in [0.2, 0.25) is 5.89 Å². The molecule has 1 saturated carbocycles. The van der Waals surface area contributed by atoms with Gasteiger partial charge in [-0.05, 0) is 26.2 Å². The Hall–Kier alpha value is -2.18. The van der Waals surface area contributed by atoms with E-state index in [1.54, 1.807) is 6.20 Å². The van der Waals surface area contributed by atoms with Gasteiger partial charge in [0.1, 0.15) is 0 Å². The molecule has 24 heavy (non-hydrogen) atoms. The molecular formula is C17H23N5O2. The number of nitrogens with one attached hydrogen (secondary N) is 1. The first-order valence-electron chi connectivity index (χ1n) is 8.85. The van der Waals surface area contributed by atoms with Crippen molar-refractivity contribution in [1.29, 1.82) is 0 Å². The van der Waals surface area contributed by atoms with Crippen LogP contribution in [-0.2, 0) is 0 Å². The number of carbonyl (C=O) groups excluding carboxylic acids is 1. The average molecular weight is 329 g/mol. The molecule has 0 aromatic carbocycles. The lowest BCUT2D eigenvalue weighted by Crippen LogP contribution is -2.29. The van der Waals surface area contributed by atoms with E-state index in [4.69, 9.17) is 4.52 Å². The van der Waals surface area contributed by atoms with Gasteiger partial charge in [0, 0.05) is 19.0 Å². The Morgan fingerprint density at radius 2 is 2.08 bits per heavy atom. The van der Waals surface area contributed by atoms with Gasteiger partial charge in [-0.2, -0.15) is 10.1 Å². The summed E-state index contributed by atoms with van der Waals surface area (Å²) < 4.78 is 5.27. The number of rotatable bonds is 3. The molecule has 2 fully saturated rings. The zero-order valence-electron chi connectivity index (χ0n) is 14.0. The number of amides is 1. The molecule has 2 aromatic rings. The van der Waals surface area contributed by atoms with Gasteiger partial charge in [-0.15, -0.1) is 0 Å². The Kier molecular flexibility index (Phi) is 4.08. The van der Waals surface area contributed by atoms with E-state index in [0.29, 0.717) is 24.2 Å². The molecule has 0 radical (unpaired) electrons. The summed E-state index contributed by atoms with van der Waals surface area (Å²) in [5, 5.41) is 11.1. The standard InChI is InChI=1S/C17H23N5O2/c1-11-19-16(24-21-11)13-7-8-22(10-13)17(23)14-9-18-20-15(14)12-5-3-2-4-6-12/h9,12-13H,2-8,10H2,1H3,(H,18,20)/t13-/m0/s1. The maximum atomic E-state index is 13.0. The number of aromatic nitrogens is 4. The topological polar surface area (TPSA) is 87.9 Å². The van der Waals surface area contributed by atoms with Gasteiger partial charge in [0.25, 0.3) is 5.91 Å². The summed E-state index contributed by atoms with van der Waals surface area (Å²) >= 11 is 0. The summed E-state index contributed by atoms with van der Waals surface area (Å²) in [7, 11) is 0. The lowest BCUT2D eigenvalue weighted by molar-refractivity contribution is 0.0787. The van der Waals surface area contributed by atoms with Crippen LogP contribution in [0.15, 0.2) is 10.7 Å². The van der Waals surface area contributed by atoms with Crippen LogP contribution in [0.4, 0.5) is 0 Å². The third-order valence-corrected chi connectivity index (χ3v) is 5.28. The van der Waals surface area contributed by atoms with Crippen LogP contribution in [0.5, 0.6) is 0 Å². The van der Waals surface area contributed by atoms with Crippen molar-refractivity contribution in [3.05, 3.63) is 29.2 Å². The van der Waals surface area contributed by atoms with Gasteiger partial charge in [0.05, 0.1) is 23.4 Å². The van der Waals surface area contributed by atoms with Gasteiger partial charge < -0.3 is 9.42 Å². The maximum absolute atomic E-state index is 13.0. The van der Waals surface area contributed by atoms with Gasteiger partial charge in [-0.25, -0.2) is 0 Å². The first-order chi connectivity index (χ1) is 11.7. The molecule has 1 aliphatic heterocycles. The summed E-state index contributed by atoms with van der Waals surface area (Å²) in [5.41, 5.74) is 1.76. The summed E-state index contributed by atoms with van der Waals surface area (Å²) in [6, 6.07) is 0. The Morgan fingerprint density at radius 1 is 1.25 bits per heavy atom. The van der Waals surface area contributed by atoms with Crippen LogP contribution in [0.2, 0.25) is 0 Å². The van der Waals surface area contributed by atoms with Crippen molar-refractivity contribution in [3.8, 4) is 0 Å². The highest BCUT2D eigenvalue weighted by atomic mass is 16.5. The number of hydrogen-bond acceptors (Lipinski definition) is 5. The molecule has 1 amide bonds. The van der Waals surface area contributed by atoms with E-state index in [1.165, 1.54) is 19.3 Å². The van der Waals surface area contributed by atoms with Crippen LogP contribution in [-0.4, -0.2) is 44.2 Å². The number of aryl methyl sites for hydroxylation is 1. The number of nitrogens with zero attached hydrogens (tertiary/aromatic N) is 4. The van der Waals surface area contributed by atoms with E-state index in [1.807, 2.05) is 11.8 Å². The second-order valence-corrected chi connectivity index (χ2v) is 6.95. The third-order valence-electron chi connectivity index (χ3n) is 5.28. The van der Waals surface area contributed by atoms with Crippen molar-refractivity contribution in [3.63, 3.8) is 0 Å². The predicted molar refractivity (Wildman–Crippen MR) is 86.7 cm³/mol. The molecule has 1 atom stereocenters. The molecular weight excluding hydrogens is 306 g/mol. The smallest absolute Gasteiger partial charge is 0.257 e. The molecule has 7 nitrogen and oxygen atoms in total. The predicted octanol–water partition coefficient (Wildman–Crippen LogP) is 2.78. The van der Waals surface area contributed by atoms with Crippen LogP contribution in [0.25, 0.3) is 0 Å². The highest BCUT2D eigenvalue weighted by Gasteiger charge is 2.33. The Bertz CT molecular complexity index is 716. The molecule has 7 heteroatoms. The minimum absolute atomic E-state index is 0.0723. The zero-order chi connectivity index (χ0) is 16.5. The molecule has 2 aliphatic rings. The van der Waals surface area contributed by atoms with Crippen molar-refractivity contribution in [2.24, 2.45) is 0 Å². The molecule has 0 unspecified atom stereocenters. The number of carbonyl (C=O) groups is 1. The molecule has 4 rings (SSSR count). The molecule has 1 N–H and O–H groups in total. The van der Waals surface area contributed by atoms with E-state index in [2.05, 4.69) is 20.3 Å². The van der Waals surface area contributed by atoms with Crippen molar-refractivity contribution >= 4 is 5.91 Å². The fourth-order valence-corrected chi connectivity index (χ4v) is 3.96. The second kappa shape index (κ2) is 6.37. The van der Waals surface area contributed by atoms with E-state index >= 15 is 0 Å². The number of H-pyrrole nitrogens is 1.